The number of amides is 1. The minimum Gasteiger partial charge on any atom is -0.490 e. The van der Waals surface area contributed by atoms with E-state index in [9.17, 15) is 13.2 Å². The van der Waals surface area contributed by atoms with Crippen molar-refractivity contribution in [2.45, 2.75) is 11.4 Å². The molecule has 1 amide bonds. The van der Waals surface area contributed by atoms with Crippen LogP contribution in [0.2, 0.25) is 0 Å². The Hall–Kier alpha value is -4.08. The summed E-state index contributed by atoms with van der Waals surface area (Å²) in [5, 5.41) is 2.75. The van der Waals surface area contributed by atoms with Crippen molar-refractivity contribution in [2.24, 2.45) is 0 Å². The van der Waals surface area contributed by atoms with Crippen LogP contribution in [0.4, 0.5) is 5.69 Å². The summed E-state index contributed by atoms with van der Waals surface area (Å²) in [4.78, 5) is 12.6. The molecule has 0 radical (unpaired) electrons. The minimum absolute atomic E-state index is 0.0492. The average Bonchev–Trinajstić information content (AvgIpc) is 3.41. The van der Waals surface area contributed by atoms with E-state index in [-0.39, 0.29) is 17.3 Å². The van der Waals surface area contributed by atoms with E-state index in [1.54, 1.807) is 36.4 Å². The van der Waals surface area contributed by atoms with Crippen molar-refractivity contribution in [1.82, 2.24) is 4.72 Å². The zero-order chi connectivity index (χ0) is 24.5. The van der Waals surface area contributed by atoms with Gasteiger partial charge in [0.15, 0.2) is 0 Å². The highest BCUT2D eigenvalue weighted by Gasteiger charge is 2.15. The molecule has 180 valence electrons. The standard InChI is InChI=1S/C26H24N2O6S/c29-26(20-8-12-23(13-9-20)34-18-17-33-22-5-2-1-3-6-22)28-21-10-14-25(15-11-21)35(30,31)27-19-24-7-4-16-32-24/h1-16,27H,17-19H2,(H,28,29). The molecule has 4 rings (SSSR count). The summed E-state index contributed by atoms with van der Waals surface area (Å²) in [6.07, 6.45) is 1.48. The highest BCUT2D eigenvalue weighted by atomic mass is 32.2. The number of rotatable bonds is 11. The normalized spacial score (nSPS) is 11.1. The SMILES string of the molecule is O=C(Nc1ccc(S(=O)(=O)NCc2ccco2)cc1)c1ccc(OCCOc2ccccc2)cc1. The molecule has 3 aromatic carbocycles. The van der Waals surface area contributed by atoms with Gasteiger partial charge in [-0.2, -0.15) is 0 Å². The Bertz CT molecular complexity index is 1320. The Morgan fingerprint density at radius 3 is 2.06 bits per heavy atom. The molecule has 0 saturated heterocycles. The average molecular weight is 493 g/mol. The number of para-hydroxylation sites is 1. The fourth-order valence-corrected chi connectivity index (χ4v) is 4.11. The summed E-state index contributed by atoms with van der Waals surface area (Å²) < 4.78 is 43.7. The largest absolute Gasteiger partial charge is 0.490 e. The van der Waals surface area contributed by atoms with Crippen molar-refractivity contribution in [2.75, 3.05) is 18.5 Å². The van der Waals surface area contributed by atoms with Crippen LogP contribution in [0, 0.1) is 0 Å². The van der Waals surface area contributed by atoms with Gasteiger partial charge in [0.1, 0.15) is 30.5 Å². The highest BCUT2D eigenvalue weighted by molar-refractivity contribution is 7.89. The fourth-order valence-electron chi connectivity index (χ4n) is 3.12. The third-order valence-electron chi connectivity index (χ3n) is 4.92. The Morgan fingerprint density at radius 2 is 1.43 bits per heavy atom. The summed E-state index contributed by atoms with van der Waals surface area (Å²) in [6.45, 7) is 0.815. The van der Waals surface area contributed by atoms with Crippen LogP contribution < -0.4 is 19.5 Å². The van der Waals surface area contributed by atoms with Crippen molar-refractivity contribution < 1.29 is 27.1 Å². The second-order valence-electron chi connectivity index (χ2n) is 7.42. The lowest BCUT2D eigenvalue weighted by Gasteiger charge is -2.10. The first-order chi connectivity index (χ1) is 17.0. The van der Waals surface area contributed by atoms with Crippen molar-refractivity contribution in [3.8, 4) is 11.5 Å². The van der Waals surface area contributed by atoms with Crippen LogP contribution in [0.1, 0.15) is 16.1 Å². The summed E-state index contributed by atoms with van der Waals surface area (Å²) in [5.41, 5.74) is 0.910. The van der Waals surface area contributed by atoms with Gasteiger partial charge in [-0.05, 0) is 72.8 Å². The van der Waals surface area contributed by atoms with E-state index < -0.39 is 10.0 Å². The van der Waals surface area contributed by atoms with Gasteiger partial charge in [-0.25, -0.2) is 13.1 Å². The van der Waals surface area contributed by atoms with Crippen LogP contribution in [0.15, 0.2) is 107 Å². The van der Waals surface area contributed by atoms with Crippen LogP contribution in [-0.4, -0.2) is 27.5 Å². The second-order valence-corrected chi connectivity index (χ2v) is 9.18. The summed E-state index contributed by atoms with van der Waals surface area (Å²) in [6, 6.07) is 25.5. The van der Waals surface area contributed by atoms with E-state index in [0.29, 0.717) is 36.0 Å². The Morgan fingerprint density at radius 1 is 0.771 bits per heavy atom. The zero-order valence-electron chi connectivity index (χ0n) is 18.7. The van der Waals surface area contributed by atoms with Crippen molar-refractivity contribution in [1.29, 1.82) is 0 Å². The van der Waals surface area contributed by atoms with E-state index in [0.717, 1.165) is 5.75 Å². The predicted octanol–water partition coefficient (Wildman–Crippen LogP) is 4.47. The van der Waals surface area contributed by atoms with Gasteiger partial charge >= 0.3 is 0 Å². The van der Waals surface area contributed by atoms with Crippen LogP contribution in [-0.2, 0) is 16.6 Å². The Kier molecular flexibility index (Phi) is 7.81. The van der Waals surface area contributed by atoms with Crippen LogP contribution >= 0.6 is 0 Å². The summed E-state index contributed by atoms with van der Waals surface area (Å²) >= 11 is 0. The molecule has 0 unspecified atom stereocenters. The molecular weight excluding hydrogens is 468 g/mol. The highest BCUT2D eigenvalue weighted by Crippen LogP contribution is 2.17. The van der Waals surface area contributed by atoms with Gasteiger partial charge in [0.2, 0.25) is 10.0 Å². The number of benzene rings is 3. The molecule has 0 fully saturated rings. The van der Waals surface area contributed by atoms with Crippen molar-refractivity contribution in [3.05, 3.63) is 109 Å². The Labute approximate surface area is 203 Å². The van der Waals surface area contributed by atoms with Gasteiger partial charge in [-0.1, -0.05) is 18.2 Å². The van der Waals surface area contributed by atoms with Gasteiger partial charge in [-0.3, -0.25) is 4.79 Å². The molecule has 0 bridgehead atoms. The maximum absolute atomic E-state index is 12.5. The molecule has 0 atom stereocenters. The molecule has 4 aromatic rings. The number of furan rings is 1. The monoisotopic (exact) mass is 492 g/mol. The molecule has 2 N–H and O–H groups in total. The lowest BCUT2D eigenvalue weighted by molar-refractivity contribution is 0.102. The molecule has 0 saturated carbocycles. The molecule has 0 spiro atoms. The van der Waals surface area contributed by atoms with Gasteiger partial charge in [0, 0.05) is 11.3 Å². The molecule has 1 heterocycles. The van der Waals surface area contributed by atoms with E-state index >= 15 is 0 Å². The molecule has 0 aliphatic heterocycles. The second kappa shape index (κ2) is 11.4. The van der Waals surface area contributed by atoms with Gasteiger partial charge in [0.25, 0.3) is 5.91 Å². The lowest BCUT2D eigenvalue weighted by Crippen LogP contribution is -2.23. The Balaban J connectivity index is 1.25. The quantitative estimate of drug-likeness (QED) is 0.299. The maximum Gasteiger partial charge on any atom is 0.255 e. The first-order valence-electron chi connectivity index (χ1n) is 10.8. The summed E-state index contributed by atoms with van der Waals surface area (Å²) in [7, 11) is -3.71. The summed E-state index contributed by atoms with van der Waals surface area (Å²) in [5.74, 6) is 1.58. The molecule has 8 nitrogen and oxygen atoms in total. The first-order valence-corrected chi connectivity index (χ1v) is 12.3. The lowest BCUT2D eigenvalue weighted by atomic mass is 10.2. The van der Waals surface area contributed by atoms with Crippen LogP contribution in [0.25, 0.3) is 0 Å². The number of carbonyl (C=O) groups is 1. The minimum atomic E-state index is -3.71. The predicted molar refractivity (Wildman–Crippen MR) is 131 cm³/mol. The third-order valence-corrected chi connectivity index (χ3v) is 6.34. The molecule has 1 aromatic heterocycles. The first kappa shape index (κ1) is 24.1. The molecule has 9 heteroatoms. The number of carbonyl (C=O) groups excluding carboxylic acids is 1. The maximum atomic E-state index is 12.5. The van der Waals surface area contributed by atoms with Crippen molar-refractivity contribution in [3.63, 3.8) is 0 Å². The number of hydrogen-bond donors (Lipinski definition) is 2. The smallest absolute Gasteiger partial charge is 0.255 e. The zero-order valence-corrected chi connectivity index (χ0v) is 19.5. The number of ether oxygens (including phenoxy) is 2. The molecule has 35 heavy (non-hydrogen) atoms. The number of sulfonamides is 1. The van der Waals surface area contributed by atoms with Crippen LogP contribution in [0.3, 0.4) is 0 Å². The topological polar surface area (TPSA) is 107 Å². The van der Waals surface area contributed by atoms with Gasteiger partial charge in [-0.15, -0.1) is 0 Å². The van der Waals surface area contributed by atoms with E-state index in [1.165, 1.54) is 30.5 Å². The number of hydrogen-bond acceptors (Lipinski definition) is 6. The van der Waals surface area contributed by atoms with Gasteiger partial charge in [0.05, 0.1) is 17.7 Å². The number of nitrogens with one attached hydrogen (secondary N) is 2. The molecular formula is C26H24N2O6S. The van der Waals surface area contributed by atoms with Crippen LogP contribution in [0.5, 0.6) is 11.5 Å². The fraction of sp³-hybridized carbons (Fsp3) is 0.115. The van der Waals surface area contributed by atoms with Gasteiger partial charge < -0.3 is 19.2 Å². The molecule has 0 aliphatic carbocycles. The van der Waals surface area contributed by atoms with E-state index in [2.05, 4.69) is 10.0 Å². The molecule has 0 aliphatic rings. The van der Waals surface area contributed by atoms with E-state index in [1.807, 2.05) is 30.3 Å². The van der Waals surface area contributed by atoms with Crippen molar-refractivity contribution >= 4 is 21.6 Å². The number of anilines is 1. The van der Waals surface area contributed by atoms with E-state index in [4.69, 9.17) is 13.9 Å². The third kappa shape index (κ3) is 6.95.